The molecule has 23 heavy (non-hydrogen) atoms. The number of rotatable bonds is 3. The summed E-state index contributed by atoms with van der Waals surface area (Å²) in [6, 6.07) is 15.7. The minimum Gasteiger partial charge on any atom is -0.0648 e. The Kier molecular flexibility index (Phi) is 4.19. The molecule has 0 fully saturated rings. The molecule has 0 nitrogen and oxygen atoms in total. The second-order valence-corrected chi connectivity index (χ2v) is 7.87. The standard InChI is InChI=1S/C23H28/c1-6-16(2)19-11-7-8-12-20(19)21-13-9-10-17-14-18(15-22(17)21)23(3,4)5/h7-13,15-16H,6,14H2,1-5H3. The molecule has 0 saturated heterocycles. The summed E-state index contributed by atoms with van der Waals surface area (Å²) in [5.41, 5.74) is 8.98. The highest BCUT2D eigenvalue weighted by Crippen LogP contribution is 2.42. The molecule has 0 aliphatic heterocycles. The van der Waals surface area contributed by atoms with Crippen LogP contribution in [0.5, 0.6) is 0 Å². The highest BCUT2D eigenvalue weighted by atomic mass is 14.3. The monoisotopic (exact) mass is 304 g/mol. The van der Waals surface area contributed by atoms with E-state index in [1.807, 2.05) is 0 Å². The van der Waals surface area contributed by atoms with Crippen molar-refractivity contribution < 1.29 is 0 Å². The van der Waals surface area contributed by atoms with Crippen LogP contribution in [0, 0.1) is 5.41 Å². The predicted octanol–water partition coefficient (Wildman–Crippen LogP) is 6.85. The zero-order valence-corrected chi connectivity index (χ0v) is 15.1. The number of hydrogen-bond donors (Lipinski definition) is 0. The van der Waals surface area contributed by atoms with Crippen LogP contribution in [0.4, 0.5) is 0 Å². The van der Waals surface area contributed by atoms with E-state index in [0.29, 0.717) is 5.92 Å². The molecule has 0 radical (unpaired) electrons. The molecule has 0 N–H and O–H groups in total. The van der Waals surface area contributed by atoms with Crippen molar-refractivity contribution in [3.05, 3.63) is 64.7 Å². The zero-order valence-electron chi connectivity index (χ0n) is 15.1. The Morgan fingerprint density at radius 3 is 2.35 bits per heavy atom. The third-order valence-electron chi connectivity index (χ3n) is 5.25. The highest BCUT2D eigenvalue weighted by Gasteiger charge is 2.25. The zero-order chi connectivity index (χ0) is 16.6. The molecule has 3 rings (SSSR count). The predicted molar refractivity (Wildman–Crippen MR) is 102 cm³/mol. The second kappa shape index (κ2) is 6.00. The van der Waals surface area contributed by atoms with Crippen molar-refractivity contribution in [1.29, 1.82) is 0 Å². The molecule has 0 amide bonds. The summed E-state index contributed by atoms with van der Waals surface area (Å²) >= 11 is 0. The van der Waals surface area contributed by atoms with Crippen LogP contribution in [-0.4, -0.2) is 0 Å². The largest absolute Gasteiger partial charge is 0.0648 e. The van der Waals surface area contributed by atoms with Gasteiger partial charge in [-0.2, -0.15) is 0 Å². The van der Waals surface area contributed by atoms with E-state index >= 15 is 0 Å². The molecule has 0 bridgehead atoms. The molecule has 0 saturated carbocycles. The quantitative estimate of drug-likeness (QED) is 0.581. The Hall–Kier alpha value is -1.82. The van der Waals surface area contributed by atoms with E-state index in [2.05, 4.69) is 83.2 Å². The normalized spacial score (nSPS) is 15.3. The highest BCUT2D eigenvalue weighted by molar-refractivity contribution is 5.82. The van der Waals surface area contributed by atoms with Crippen molar-refractivity contribution in [2.45, 2.75) is 53.4 Å². The van der Waals surface area contributed by atoms with Gasteiger partial charge in [0.25, 0.3) is 0 Å². The summed E-state index contributed by atoms with van der Waals surface area (Å²) in [4.78, 5) is 0. The molecule has 2 aromatic rings. The van der Waals surface area contributed by atoms with Crippen LogP contribution in [0.2, 0.25) is 0 Å². The second-order valence-electron chi connectivity index (χ2n) is 7.87. The van der Waals surface area contributed by atoms with Crippen LogP contribution in [0.15, 0.2) is 48.0 Å². The van der Waals surface area contributed by atoms with Gasteiger partial charge in [0, 0.05) is 0 Å². The summed E-state index contributed by atoms with van der Waals surface area (Å²) in [7, 11) is 0. The van der Waals surface area contributed by atoms with Crippen LogP contribution < -0.4 is 0 Å². The molecule has 2 aromatic carbocycles. The maximum absolute atomic E-state index is 2.44. The SMILES string of the molecule is CCC(C)c1ccccc1-c1cccc2c1C=C(C(C)(C)C)C2. The van der Waals surface area contributed by atoms with Crippen LogP contribution in [0.3, 0.4) is 0 Å². The first kappa shape index (κ1) is 16.1. The lowest BCUT2D eigenvalue weighted by atomic mass is 9.85. The van der Waals surface area contributed by atoms with Gasteiger partial charge in [0.1, 0.15) is 0 Å². The first-order valence-electron chi connectivity index (χ1n) is 8.84. The van der Waals surface area contributed by atoms with Crippen molar-refractivity contribution in [3.8, 4) is 11.1 Å². The molecular weight excluding hydrogens is 276 g/mol. The summed E-state index contributed by atoms with van der Waals surface area (Å²) in [6.07, 6.45) is 4.71. The Labute approximate surface area is 141 Å². The molecular formula is C23H28. The summed E-state index contributed by atoms with van der Waals surface area (Å²) < 4.78 is 0. The number of allylic oxidation sites excluding steroid dienone is 1. The number of benzene rings is 2. The van der Waals surface area contributed by atoms with Gasteiger partial charge in [-0.1, -0.05) is 88.7 Å². The smallest absolute Gasteiger partial charge is 0.00523 e. The first-order valence-corrected chi connectivity index (χ1v) is 8.84. The molecule has 120 valence electrons. The molecule has 0 heteroatoms. The van der Waals surface area contributed by atoms with E-state index in [4.69, 9.17) is 0 Å². The van der Waals surface area contributed by atoms with Crippen molar-refractivity contribution in [2.75, 3.05) is 0 Å². The average Bonchev–Trinajstić information content (AvgIpc) is 2.98. The van der Waals surface area contributed by atoms with Gasteiger partial charge in [0.15, 0.2) is 0 Å². The lowest BCUT2D eigenvalue weighted by Crippen LogP contribution is -2.08. The van der Waals surface area contributed by atoms with E-state index in [1.54, 1.807) is 5.57 Å². The van der Waals surface area contributed by atoms with Crippen molar-refractivity contribution >= 4 is 6.08 Å². The van der Waals surface area contributed by atoms with Crippen molar-refractivity contribution in [1.82, 2.24) is 0 Å². The van der Waals surface area contributed by atoms with Gasteiger partial charge >= 0.3 is 0 Å². The van der Waals surface area contributed by atoms with E-state index in [-0.39, 0.29) is 5.41 Å². The van der Waals surface area contributed by atoms with Gasteiger partial charge < -0.3 is 0 Å². The maximum atomic E-state index is 2.44. The summed E-state index contributed by atoms with van der Waals surface area (Å²) in [5, 5.41) is 0. The van der Waals surface area contributed by atoms with Gasteiger partial charge in [0.2, 0.25) is 0 Å². The minimum absolute atomic E-state index is 0.243. The van der Waals surface area contributed by atoms with Crippen LogP contribution in [0.25, 0.3) is 17.2 Å². The fourth-order valence-electron chi connectivity index (χ4n) is 3.48. The lowest BCUT2D eigenvalue weighted by molar-refractivity contribution is 0.498. The van der Waals surface area contributed by atoms with Gasteiger partial charge in [-0.3, -0.25) is 0 Å². The van der Waals surface area contributed by atoms with E-state index < -0.39 is 0 Å². The third kappa shape index (κ3) is 3.00. The third-order valence-corrected chi connectivity index (χ3v) is 5.25. The van der Waals surface area contributed by atoms with Gasteiger partial charge in [0.05, 0.1) is 0 Å². The fourth-order valence-corrected chi connectivity index (χ4v) is 3.48. The topological polar surface area (TPSA) is 0 Å². The van der Waals surface area contributed by atoms with Gasteiger partial charge in [-0.05, 0) is 52.0 Å². The van der Waals surface area contributed by atoms with Gasteiger partial charge in [-0.25, -0.2) is 0 Å². The van der Waals surface area contributed by atoms with Gasteiger partial charge in [-0.15, -0.1) is 0 Å². The Morgan fingerprint density at radius 1 is 0.957 bits per heavy atom. The minimum atomic E-state index is 0.243. The Bertz CT molecular complexity index is 741. The molecule has 0 spiro atoms. The van der Waals surface area contributed by atoms with Crippen LogP contribution in [-0.2, 0) is 6.42 Å². The summed E-state index contributed by atoms with van der Waals surface area (Å²) in [5.74, 6) is 0.592. The Balaban J connectivity index is 2.15. The van der Waals surface area contributed by atoms with E-state index in [0.717, 1.165) is 6.42 Å². The van der Waals surface area contributed by atoms with Crippen molar-refractivity contribution in [2.24, 2.45) is 5.41 Å². The molecule has 0 aromatic heterocycles. The Morgan fingerprint density at radius 2 is 1.65 bits per heavy atom. The average molecular weight is 304 g/mol. The molecule has 1 unspecified atom stereocenters. The molecule has 0 heterocycles. The van der Waals surface area contributed by atoms with Crippen LogP contribution in [0.1, 0.15) is 63.6 Å². The summed E-state index contributed by atoms with van der Waals surface area (Å²) in [6.45, 7) is 11.6. The van der Waals surface area contributed by atoms with E-state index in [1.165, 1.54) is 34.2 Å². The van der Waals surface area contributed by atoms with E-state index in [9.17, 15) is 0 Å². The molecule has 1 aliphatic rings. The molecule has 1 atom stereocenters. The fraction of sp³-hybridized carbons (Fsp3) is 0.391. The number of fused-ring (bicyclic) bond motifs is 1. The van der Waals surface area contributed by atoms with Crippen molar-refractivity contribution in [3.63, 3.8) is 0 Å². The maximum Gasteiger partial charge on any atom is -0.00523 e. The lowest BCUT2D eigenvalue weighted by Gasteiger charge is -2.19. The number of hydrogen-bond acceptors (Lipinski definition) is 0. The first-order chi connectivity index (χ1) is 10.9. The molecule has 1 aliphatic carbocycles. The van der Waals surface area contributed by atoms with Crippen LogP contribution >= 0.6 is 0 Å².